The van der Waals surface area contributed by atoms with Gasteiger partial charge in [-0.05, 0) is 12.1 Å². The second-order valence-electron chi connectivity index (χ2n) is 3.91. The Kier molecular flexibility index (Phi) is 6.30. The van der Waals surface area contributed by atoms with Crippen LogP contribution in [0, 0.1) is 0 Å². The molecule has 0 atom stereocenters. The minimum atomic E-state index is 0.550. The Labute approximate surface area is 133 Å². The van der Waals surface area contributed by atoms with E-state index in [4.69, 9.17) is 0 Å². The molecule has 0 unspecified atom stereocenters. The lowest BCUT2D eigenvalue weighted by atomic mass is 10.3. The van der Waals surface area contributed by atoms with Crippen LogP contribution in [-0.4, -0.2) is 26.5 Å². The first-order chi connectivity index (χ1) is 10.3. The molecule has 6 heteroatoms. The van der Waals surface area contributed by atoms with Crippen molar-refractivity contribution in [2.75, 3.05) is 16.8 Å². The number of benzene rings is 1. The van der Waals surface area contributed by atoms with Gasteiger partial charge in [-0.3, -0.25) is 0 Å². The number of aromatic nitrogens is 3. The van der Waals surface area contributed by atoms with Crippen LogP contribution < -0.4 is 5.32 Å². The van der Waals surface area contributed by atoms with Gasteiger partial charge in [-0.2, -0.15) is 15.0 Å². The molecule has 0 fully saturated rings. The van der Waals surface area contributed by atoms with E-state index in [0.29, 0.717) is 16.3 Å². The molecule has 21 heavy (non-hydrogen) atoms. The van der Waals surface area contributed by atoms with Crippen molar-refractivity contribution in [1.82, 2.24) is 15.0 Å². The second-order valence-corrected chi connectivity index (χ2v) is 5.89. The molecule has 0 bridgehead atoms. The smallest absolute Gasteiger partial charge is 0.232 e. The Morgan fingerprint density at radius 2 is 1.48 bits per heavy atom. The third-order valence-electron chi connectivity index (χ3n) is 2.28. The molecule has 0 aliphatic carbocycles. The zero-order valence-electron chi connectivity index (χ0n) is 11.5. The predicted molar refractivity (Wildman–Crippen MR) is 91.4 cm³/mol. The van der Waals surface area contributed by atoms with E-state index in [0.717, 1.165) is 17.2 Å². The summed E-state index contributed by atoms with van der Waals surface area (Å²) in [6, 6.07) is 9.83. The number of anilines is 2. The molecule has 0 saturated heterocycles. The Morgan fingerprint density at radius 1 is 0.905 bits per heavy atom. The van der Waals surface area contributed by atoms with Crippen LogP contribution in [0.1, 0.15) is 0 Å². The highest BCUT2D eigenvalue weighted by atomic mass is 32.2. The van der Waals surface area contributed by atoms with Gasteiger partial charge in [-0.1, -0.05) is 53.9 Å². The largest absolute Gasteiger partial charge is 0.324 e. The lowest BCUT2D eigenvalue weighted by Crippen LogP contribution is -2.02. The Morgan fingerprint density at radius 3 is 2.00 bits per heavy atom. The summed E-state index contributed by atoms with van der Waals surface area (Å²) in [5, 5.41) is 4.58. The first kappa shape index (κ1) is 15.6. The maximum atomic E-state index is 4.42. The van der Waals surface area contributed by atoms with Gasteiger partial charge >= 0.3 is 0 Å². The minimum absolute atomic E-state index is 0.550. The summed E-state index contributed by atoms with van der Waals surface area (Å²) in [4.78, 5) is 13.3. The fourth-order valence-corrected chi connectivity index (χ4v) is 2.64. The average molecular weight is 316 g/mol. The summed E-state index contributed by atoms with van der Waals surface area (Å²) in [6.45, 7) is 7.42. The van der Waals surface area contributed by atoms with E-state index in [1.807, 2.05) is 42.5 Å². The lowest BCUT2D eigenvalue weighted by molar-refractivity contribution is 0.811. The molecule has 108 valence electrons. The van der Waals surface area contributed by atoms with Crippen LogP contribution in [0.3, 0.4) is 0 Å². The summed E-state index contributed by atoms with van der Waals surface area (Å²) in [7, 11) is 0. The van der Waals surface area contributed by atoms with Crippen molar-refractivity contribution >= 4 is 35.2 Å². The monoisotopic (exact) mass is 316 g/mol. The van der Waals surface area contributed by atoms with Crippen molar-refractivity contribution in [2.24, 2.45) is 0 Å². The van der Waals surface area contributed by atoms with Gasteiger partial charge in [0.1, 0.15) is 0 Å². The highest BCUT2D eigenvalue weighted by molar-refractivity contribution is 7.99. The molecule has 2 rings (SSSR count). The van der Waals surface area contributed by atoms with Crippen molar-refractivity contribution < 1.29 is 0 Å². The van der Waals surface area contributed by atoms with E-state index in [1.54, 1.807) is 0 Å². The van der Waals surface area contributed by atoms with Crippen LogP contribution in [0.15, 0.2) is 66.0 Å². The fourth-order valence-electron chi connectivity index (χ4n) is 1.44. The normalized spacial score (nSPS) is 10.1. The molecule has 1 aromatic heterocycles. The molecular weight excluding hydrogens is 300 g/mol. The van der Waals surface area contributed by atoms with E-state index < -0.39 is 0 Å². The third-order valence-corrected chi connectivity index (χ3v) is 3.97. The van der Waals surface area contributed by atoms with Crippen molar-refractivity contribution in [3.05, 3.63) is 55.6 Å². The van der Waals surface area contributed by atoms with Gasteiger partial charge in [0.2, 0.25) is 5.95 Å². The van der Waals surface area contributed by atoms with Gasteiger partial charge in [0.15, 0.2) is 10.3 Å². The molecule has 0 saturated carbocycles. The van der Waals surface area contributed by atoms with Gasteiger partial charge < -0.3 is 5.32 Å². The summed E-state index contributed by atoms with van der Waals surface area (Å²) in [5.41, 5.74) is 0.947. The predicted octanol–water partition coefficient (Wildman–Crippen LogP) is 4.17. The Bertz CT molecular complexity index is 572. The van der Waals surface area contributed by atoms with Crippen LogP contribution in [0.2, 0.25) is 0 Å². The van der Waals surface area contributed by atoms with Crippen molar-refractivity contribution in [1.29, 1.82) is 0 Å². The van der Waals surface area contributed by atoms with E-state index in [9.17, 15) is 0 Å². The number of nitrogens with zero attached hydrogens (tertiary/aromatic N) is 3. The molecule has 1 aromatic carbocycles. The molecule has 2 aromatic rings. The molecule has 0 aliphatic rings. The highest BCUT2D eigenvalue weighted by Crippen LogP contribution is 2.22. The lowest BCUT2D eigenvalue weighted by Gasteiger charge is -2.07. The van der Waals surface area contributed by atoms with E-state index >= 15 is 0 Å². The van der Waals surface area contributed by atoms with Crippen LogP contribution in [0.25, 0.3) is 0 Å². The summed E-state index contributed by atoms with van der Waals surface area (Å²) < 4.78 is 0. The van der Waals surface area contributed by atoms with Crippen LogP contribution >= 0.6 is 23.5 Å². The number of rotatable bonds is 8. The van der Waals surface area contributed by atoms with Crippen LogP contribution in [0.5, 0.6) is 0 Å². The van der Waals surface area contributed by atoms with Gasteiger partial charge in [-0.15, -0.1) is 13.2 Å². The number of para-hydroxylation sites is 1. The Hall–Kier alpha value is -1.79. The quantitative estimate of drug-likeness (QED) is 0.582. The number of hydrogen-bond acceptors (Lipinski definition) is 6. The van der Waals surface area contributed by atoms with Gasteiger partial charge in [0.25, 0.3) is 0 Å². The Balaban J connectivity index is 2.21. The van der Waals surface area contributed by atoms with Gasteiger partial charge in [-0.25, -0.2) is 0 Å². The zero-order chi connectivity index (χ0) is 14.9. The molecule has 0 radical (unpaired) electrons. The number of thioether (sulfide) groups is 2. The van der Waals surface area contributed by atoms with Gasteiger partial charge in [0.05, 0.1) is 0 Å². The molecule has 1 heterocycles. The van der Waals surface area contributed by atoms with E-state index in [-0.39, 0.29) is 0 Å². The number of nitrogens with one attached hydrogen (secondary N) is 1. The summed E-state index contributed by atoms with van der Waals surface area (Å²) in [6.07, 6.45) is 3.66. The molecule has 1 N–H and O–H groups in total. The minimum Gasteiger partial charge on any atom is -0.324 e. The fraction of sp³-hybridized carbons (Fsp3) is 0.133. The van der Waals surface area contributed by atoms with Gasteiger partial charge in [0, 0.05) is 17.2 Å². The number of hydrogen-bond donors (Lipinski definition) is 1. The summed E-state index contributed by atoms with van der Waals surface area (Å²) in [5.74, 6) is 2.08. The van der Waals surface area contributed by atoms with E-state index in [2.05, 4.69) is 33.4 Å². The van der Waals surface area contributed by atoms with Crippen molar-refractivity contribution in [2.45, 2.75) is 10.3 Å². The average Bonchev–Trinajstić information content (AvgIpc) is 2.52. The topological polar surface area (TPSA) is 50.7 Å². The molecular formula is C15H16N4S2. The SMILES string of the molecule is C=CCSc1nc(Nc2ccccc2)nc(SCC=C)n1. The standard InChI is InChI=1S/C15H16N4S2/c1-3-10-20-14-17-13(16-12-8-6-5-7-9-12)18-15(19-14)21-11-4-2/h3-9H,1-2,10-11H2,(H,16,17,18,19). The third kappa shape index (κ3) is 5.24. The van der Waals surface area contributed by atoms with Crippen molar-refractivity contribution in [3.63, 3.8) is 0 Å². The maximum Gasteiger partial charge on any atom is 0.232 e. The molecule has 0 aliphatic heterocycles. The van der Waals surface area contributed by atoms with Crippen molar-refractivity contribution in [3.8, 4) is 0 Å². The van der Waals surface area contributed by atoms with Crippen LogP contribution in [0.4, 0.5) is 11.6 Å². The molecule has 0 spiro atoms. The maximum absolute atomic E-state index is 4.42. The molecule has 0 amide bonds. The highest BCUT2D eigenvalue weighted by Gasteiger charge is 2.07. The van der Waals surface area contributed by atoms with Crippen LogP contribution in [-0.2, 0) is 0 Å². The molecule has 4 nitrogen and oxygen atoms in total. The first-order valence-electron chi connectivity index (χ1n) is 6.37. The second kappa shape index (κ2) is 8.49. The van der Waals surface area contributed by atoms with E-state index in [1.165, 1.54) is 23.5 Å². The first-order valence-corrected chi connectivity index (χ1v) is 8.34. The zero-order valence-corrected chi connectivity index (χ0v) is 13.2. The summed E-state index contributed by atoms with van der Waals surface area (Å²) >= 11 is 3.07.